The minimum atomic E-state index is -0.393. The molecule has 94 valence electrons. The molecular formula is C15H10ClFN2. The van der Waals surface area contributed by atoms with Gasteiger partial charge < -0.3 is 0 Å². The number of aromatic nitrogens is 2. The number of benzene rings is 2. The van der Waals surface area contributed by atoms with E-state index in [-0.39, 0.29) is 10.7 Å². The average Bonchev–Trinajstić information content (AvgIpc) is 2.41. The molecule has 1 heterocycles. The molecule has 3 aromatic rings. The monoisotopic (exact) mass is 272 g/mol. The number of fused-ring (bicyclic) bond motifs is 1. The van der Waals surface area contributed by atoms with Crippen LogP contribution < -0.4 is 0 Å². The number of hydrogen-bond acceptors (Lipinski definition) is 2. The fraction of sp³-hybridized carbons (Fsp3) is 0.0667. The van der Waals surface area contributed by atoms with Gasteiger partial charge in [0.15, 0.2) is 5.82 Å². The maximum Gasteiger partial charge on any atom is 0.161 e. The standard InChI is InChI=1S/C15H10ClFN2/c1-9-5-7-10(8-6-9)15-18-13-11(14(16)19-15)3-2-4-12(13)17/h2-8H,1H3. The van der Waals surface area contributed by atoms with Crippen molar-refractivity contribution in [2.24, 2.45) is 0 Å². The molecular weight excluding hydrogens is 263 g/mol. The van der Waals surface area contributed by atoms with Gasteiger partial charge in [0, 0.05) is 10.9 Å². The average molecular weight is 273 g/mol. The summed E-state index contributed by atoms with van der Waals surface area (Å²) in [6, 6.07) is 12.4. The van der Waals surface area contributed by atoms with Gasteiger partial charge >= 0.3 is 0 Å². The molecule has 0 aliphatic carbocycles. The quantitative estimate of drug-likeness (QED) is 0.614. The van der Waals surface area contributed by atoms with Crippen LogP contribution in [0.15, 0.2) is 42.5 Å². The molecule has 0 aliphatic rings. The Morgan fingerprint density at radius 2 is 1.74 bits per heavy atom. The molecule has 0 N–H and O–H groups in total. The molecule has 0 amide bonds. The van der Waals surface area contributed by atoms with E-state index in [1.165, 1.54) is 6.07 Å². The number of rotatable bonds is 1. The van der Waals surface area contributed by atoms with Gasteiger partial charge in [-0.1, -0.05) is 47.5 Å². The van der Waals surface area contributed by atoms with Crippen LogP contribution in [0.3, 0.4) is 0 Å². The topological polar surface area (TPSA) is 25.8 Å². The van der Waals surface area contributed by atoms with Gasteiger partial charge in [-0.15, -0.1) is 0 Å². The first-order chi connectivity index (χ1) is 9.15. The van der Waals surface area contributed by atoms with Gasteiger partial charge in [-0.3, -0.25) is 0 Å². The van der Waals surface area contributed by atoms with Crippen LogP contribution in [0.1, 0.15) is 5.56 Å². The second-order valence-corrected chi connectivity index (χ2v) is 4.70. The maximum absolute atomic E-state index is 13.8. The predicted molar refractivity (Wildman–Crippen MR) is 74.7 cm³/mol. The Hall–Kier alpha value is -2.00. The van der Waals surface area contributed by atoms with Gasteiger partial charge in [0.1, 0.15) is 16.5 Å². The number of para-hydroxylation sites is 1. The molecule has 2 aromatic carbocycles. The first kappa shape index (κ1) is 12.1. The van der Waals surface area contributed by atoms with E-state index in [2.05, 4.69) is 9.97 Å². The van der Waals surface area contributed by atoms with E-state index in [1.807, 2.05) is 31.2 Å². The van der Waals surface area contributed by atoms with Crippen LogP contribution in [0.2, 0.25) is 5.15 Å². The highest BCUT2D eigenvalue weighted by Gasteiger charge is 2.10. The maximum atomic E-state index is 13.8. The summed E-state index contributed by atoms with van der Waals surface area (Å²) in [5, 5.41) is 0.789. The van der Waals surface area contributed by atoms with Crippen molar-refractivity contribution in [2.75, 3.05) is 0 Å². The van der Waals surface area contributed by atoms with Crippen molar-refractivity contribution in [3.8, 4) is 11.4 Å². The third kappa shape index (κ3) is 2.17. The summed E-state index contributed by atoms with van der Waals surface area (Å²) >= 11 is 6.10. The zero-order valence-electron chi connectivity index (χ0n) is 10.2. The van der Waals surface area contributed by atoms with Gasteiger partial charge in [0.05, 0.1) is 0 Å². The van der Waals surface area contributed by atoms with Crippen LogP contribution in [-0.4, -0.2) is 9.97 Å². The molecule has 0 radical (unpaired) electrons. The molecule has 0 bridgehead atoms. The van der Waals surface area contributed by atoms with E-state index in [1.54, 1.807) is 12.1 Å². The van der Waals surface area contributed by atoms with Crippen LogP contribution in [0.4, 0.5) is 4.39 Å². The lowest BCUT2D eigenvalue weighted by molar-refractivity contribution is 0.636. The molecule has 0 saturated heterocycles. The van der Waals surface area contributed by atoms with Crippen LogP contribution in [0.5, 0.6) is 0 Å². The first-order valence-corrected chi connectivity index (χ1v) is 6.22. The van der Waals surface area contributed by atoms with E-state index >= 15 is 0 Å². The molecule has 0 saturated carbocycles. The summed E-state index contributed by atoms with van der Waals surface area (Å²) in [7, 11) is 0. The molecule has 0 unspecified atom stereocenters. The zero-order chi connectivity index (χ0) is 13.4. The SMILES string of the molecule is Cc1ccc(-c2nc(Cl)c3cccc(F)c3n2)cc1. The molecule has 0 atom stereocenters. The Bertz CT molecular complexity index is 754. The van der Waals surface area contributed by atoms with Gasteiger partial charge in [-0.05, 0) is 19.1 Å². The lowest BCUT2D eigenvalue weighted by Gasteiger charge is -2.05. The number of nitrogens with zero attached hydrogens (tertiary/aromatic N) is 2. The Morgan fingerprint density at radius 1 is 1.00 bits per heavy atom. The summed E-state index contributed by atoms with van der Waals surface area (Å²) < 4.78 is 13.8. The van der Waals surface area contributed by atoms with Crippen molar-refractivity contribution in [3.05, 3.63) is 59.0 Å². The fourth-order valence-corrected chi connectivity index (χ4v) is 2.14. The van der Waals surface area contributed by atoms with Gasteiger partial charge in [-0.25, -0.2) is 14.4 Å². The van der Waals surface area contributed by atoms with E-state index in [4.69, 9.17) is 11.6 Å². The van der Waals surface area contributed by atoms with Crippen LogP contribution in [0, 0.1) is 12.7 Å². The molecule has 4 heteroatoms. The molecule has 2 nitrogen and oxygen atoms in total. The van der Waals surface area contributed by atoms with Crippen molar-refractivity contribution in [3.63, 3.8) is 0 Å². The van der Waals surface area contributed by atoms with Crippen molar-refractivity contribution < 1.29 is 4.39 Å². The van der Waals surface area contributed by atoms with E-state index in [9.17, 15) is 4.39 Å². The molecule has 0 spiro atoms. The van der Waals surface area contributed by atoms with Gasteiger partial charge in [0.25, 0.3) is 0 Å². The largest absolute Gasteiger partial charge is 0.225 e. The predicted octanol–water partition coefficient (Wildman–Crippen LogP) is 4.40. The number of aryl methyl sites for hydroxylation is 1. The summed E-state index contributed by atoms with van der Waals surface area (Å²) in [6.07, 6.45) is 0. The second-order valence-electron chi connectivity index (χ2n) is 4.34. The zero-order valence-corrected chi connectivity index (χ0v) is 10.9. The van der Waals surface area contributed by atoms with E-state index < -0.39 is 5.82 Å². The Balaban J connectivity index is 2.25. The number of hydrogen-bond donors (Lipinski definition) is 0. The first-order valence-electron chi connectivity index (χ1n) is 5.84. The highest BCUT2D eigenvalue weighted by atomic mass is 35.5. The smallest absolute Gasteiger partial charge is 0.161 e. The highest BCUT2D eigenvalue weighted by Crippen LogP contribution is 2.26. The Labute approximate surface area is 114 Å². The molecule has 1 aromatic heterocycles. The van der Waals surface area contributed by atoms with Crippen molar-refractivity contribution in [1.82, 2.24) is 9.97 Å². The van der Waals surface area contributed by atoms with Crippen LogP contribution in [0.25, 0.3) is 22.3 Å². The van der Waals surface area contributed by atoms with E-state index in [0.29, 0.717) is 11.2 Å². The number of halogens is 2. The van der Waals surface area contributed by atoms with Crippen molar-refractivity contribution in [1.29, 1.82) is 0 Å². The summed E-state index contributed by atoms with van der Waals surface area (Å²) in [5.41, 5.74) is 2.21. The minimum absolute atomic E-state index is 0.248. The van der Waals surface area contributed by atoms with Crippen molar-refractivity contribution in [2.45, 2.75) is 6.92 Å². The van der Waals surface area contributed by atoms with Crippen molar-refractivity contribution >= 4 is 22.5 Å². The van der Waals surface area contributed by atoms with E-state index in [0.717, 1.165) is 11.1 Å². The highest BCUT2D eigenvalue weighted by molar-refractivity contribution is 6.34. The fourth-order valence-electron chi connectivity index (χ4n) is 1.91. The third-order valence-corrected chi connectivity index (χ3v) is 3.23. The molecule has 3 rings (SSSR count). The third-order valence-electron chi connectivity index (χ3n) is 2.94. The summed E-state index contributed by atoms with van der Waals surface area (Å²) in [5.74, 6) is 0.0396. The Morgan fingerprint density at radius 3 is 2.47 bits per heavy atom. The second kappa shape index (κ2) is 4.59. The molecule has 0 aliphatic heterocycles. The Kier molecular flexibility index (Phi) is 2.91. The summed E-state index contributed by atoms with van der Waals surface area (Å²) in [4.78, 5) is 8.49. The normalized spacial score (nSPS) is 10.9. The molecule has 19 heavy (non-hydrogen) atoms. The lowest BCUT2D eigenvalue weighted by atomic mass is 10.1. The minimum Gasteiger partial charge on any atom is -0.225 e. The van der Waals surface area contributed by atoms with Crippen LogP contribution in [-0.2, 0) is 0 Å². The van der Waals surface area contributed by atoms with Crippen LogP contribution >= 0.6 is 11.6 Å². The van der Waals surface area contributed by atoms with Gasteiger partial charge in [0.2, 0.25) is 0 Å². The van der Waals surface area contributed by atoms with Gasteiger partial charge in [-0.2, -0.15) is 0 Å². The molecule has 0 fully saturated rings. The lowest BCUT2D eigenvalue weighted by Crippen LogP contribution is -1.94. The summed E-state index contributed by atoms with van der Waals surface area (Å²) in [6.45, 7) is 2.00.